The Bertz CT molecular complexity index is 1110. The number of ether oxygens (including phenoxy) is 2. The van der Waals surface area contributed by atoms with E-state index in [9.17, 15) is 4.79 Å². The first-order valence-corrected chi connectivity index (χ1v) is 9.86. The Balaban J connectivity index is 1.89. The molecule has 0 amide bonds. The van der Waals surface area contributed by atoms with Gasteiger partial charge in [0.1, 0.15) is 5.75 Å². The fourth-order valence-corrected chi connectivity index (χ4v) is 4.02. The van der Waals surface area contributed by atoms with E-state index in [-0.39, 0.29) is 11.4 Å². The van der Waals surface area contributed by atoms with Crippen LogP contribution in [-0.2, 0) is 14.9 Å². The molecule has 1 aromatic heterocycles. The van der Waals surface area contributed by atoms with Crippen LogP contribution in [0.1, 0.15) is 32.0 Å². The molecule has 3 aromatic rings. The van der Waals surface area contributed by atoms with Crippen LogP contribution in [0.3, 0.4) is 0 Å². The molecule has 1 aliphatic rings. The van der Waals surface area contributed by atoms with Crippen LogP contribution in [0.4, 0.5) is 0 Å². The number of aromatic amines is 1. The number of aromatic nitrogens is 1. The predicted molar refractivity (Wildman–Crippen MR) is 116 cm³/mol. The maximum absolute atomic E-state index is 12.6. The number of rotatable bonds is 4. The molecule has 0 radical (unpaired) electrons. The van der Waals surface area contributed by atoms with E-state index in [4.69, 9.17) is 9.47 Å². The van der Waals surface area contributed by atoms with Crippen LogP contribution < -0.4 is 10.1 Å². The Morgan fingerprint density at radius 1 is 1.14 bits per heavy atom. The second-order valence-corrected chi connectivity index (χ2v) is 7.91. The summed E-state index contributed by atoms with van der Waals surface area (Å²) in [6, 6.07) is 14.4. The van der Waals surface area contributed by atoms with Gasteiger partial charge in [0.15, 0.2) is 0 Å². The van der Waals surface area contributed by atoms with Crippen molar-refractivity contribution in [3.63, 3.8) is 0 Å². The highest BCUT2D eigenvalue weighted by Crippen LogP contribution is 2.39. The zero-order valence-electron chi connectivity index (χ0n) is 17.3. The largest absolute Gasteiger partial charge is 0.497 e. The topological polar surface area (TPSA) is 63.3 Å². The number of nitrogens with one attached hydrogen (secondary N) is 2. The Morgan fingerprint density at radius 3 is 2.69 bits per heavy atom. The first-order valence-electron chi connectivity index (χ1n) is 9.86. The Kier molecular flexibility index (Phi) is 4.82. The molecule has 2 N–H and O–H groups in total. The van der Waals surface area contributed by atoms with Crippen LogP contribution in [0.15, 0.2) is 48.7 Å². The highest BCUT2D eigenvalue weighted by Gasteiger charge is 2.33. The lowest BCUT2D eigenvalue weighted by Crippen LogP contribution is -2.29. The maximum atomic E-state index is 12.6. The number of H-pyrrole nitrogens is 1. The van der Waals surface area contributed by atoms with Crippen molar-refractivity contribution in [1.82, 2.24) is 10.3 Å². The summed E-state index contributed by atoms with van der Waals surface area (Å²) in [5.74, 6) is 0.503. The molecule has 2 aromatic carbocycles. The quantitative estimate of drug-likeness (QED) is 0.638. The van der Waals surface area contributed by atoms with Crippen LogP contribution >= 0.6 is 0 Å². The number of esters is 1. The molecule has 0 fully saturated rings. The third kappa shape index (κ3) is 3.37. The van der Waals surface area contributed by atoms with Crippen LogP contribution in [0.2, 0.25) is 0 Å². The van der Waals surface area contributed by atoms with E-state index in [1.54, 1.807) is 13.3 Å². The summed E-state index contributed by atoms with van der Waals surface area (Å²) in [7, 11) is 1.67. The molecule has 0 spiro atoms. The number of carbonyl (C=O) groups excluding carboxylic acids is 1. The number of carbonyl (C=O) groups is 1. The summed E-state index contributed by atoms with van der Waals surface area (Å²) in [6.07, 6.45) is 1.77. The molecule has 5 nitrogen and oxygen atoms in total. The van der Waals surface area contributed by atoms with Gasteiger partial charge in [0.2, 0.25) is 0 Å². The molecule has 1 aliphatic heterocycles. The van der Waals surface area contributed by atoms with Crippen LogP contribution in [0.25, 0.3) is 27.6 Å². The second kappa shape index (κ2) is 7.32. The summed E-state index contributed by atoms with van der Waals surface area (Å²) < 4.78 is 10.7. The minimum atomic E-state index is -0.321. The van der Waals surface area contributed by atoms with Gasteiger partial charge in [0.25, 0.3) is 0 Å². The molecule has 0 aliphatic carbocycles. The van der Waals surface area contributed by atoms with Gasteiger partial charge in [-0.2, -0.15) is 0 Å². The van der Waals surface area contributed by atoms with Gasteiger partial charge in [-0.25, -0.2) is 4.79 Å². The summed E-state index contributed by atoms with van der Waals surface area (Å²) in [5.41, 5.74) is 5.51. The van der Waals surface area contributed by atoms with E-state index in [1.807, 2.05) is 25.1 Å². The smallest absolute Gasteiger partial charge is 0.341 e. The zero-order chi connectivity index (χ0) is 20.6. The van der Waals surface area contributed by atoms with E-state index in [0.717, 1.165) is 45.6 Å². The van der Waals surface area contributed by atoms with Gasteiger partial charge in [-0.3, -0.25) is 0 Å². The molecule has 4 rings (SSSR count). The van der Waals surface area contributed by atoms with Gasteiger partial charge in [-0.05, 0) is 41.8 Å². The zero-order valence-corrected chi connectivity index (χ0v) is 17.3. The molecule has 0 saturated carbocycles. The van der Waals surface area contributed by atoms with Crippen molar-refractivity contribution in [1.29, 1.82) is 0 Å². The Hall–Kier alpha value is -3.21. The van der Waals surface area contributed by atoms with Crippen LogP contribution in [0.5, 0.6) is 5.75 Å². The van der Waals surface area contributed by atoms with Gasteiger partial charge in [-0.15, -0.1) is 0 Å². The summed E-state index contributed by atoms with van der Waals surface area (Å²) in [5, 5.41) is 4.40. The minimum Gasteiger partial charge on any atom is -0.497 e. The standard InChI is InChI=1S/C24H26N2O3/c1-5-29-23(27)19-13-25-14-24(2,3)21-18-10-9-16(12-20(18)26-22(19)21)15-7-6-8-17(11-15)28-4/h6-13,25-26H,5,14H2,1-4H3. The lowest BCUT2D eigenvalue weighted by atomic mass is 9.82. The van der Waals surface area contributed by atoms with Crippen LogP contribution in [0, 0.1) is 0 Å². The summed E-state index contributed by atoms with van der Waals surface area (Å²) in [6.45, 7) is 7.26. The number of benzene rings is 2. The summed E-state index contributed by atoms with van der Waals surface area (Å²) >= 11 is 0. The van der Waals surface area contributed by atoms with Crippen molar-refractivity contribution in [3.8, 4) is 16.9 Å². The van der Waals surface area contributed by atoms with E-state index < -0.39 is 0 Å². The number of methoxy groups -OCH3 is 1. The molecule has 0 bridgehead atoms. The maximum Gasteiger partial charge on any atom is 0.341 e. The number of hydrogen-bond acceptors (Lipinski definition) is 4. The lowest BCUT2D eigenvalue weighted by Gasteiger charge is -2.24. The molecule has 0 atom stereocenters. The predicted octanol–water partition coefficient (Wildman–Crippen LogP) is 4.63. The fourth-order valence-electron chi connectivity index (χ4n) is 4.02. The van der Waals surface area contributed by atoms with E-state index in [0.29, 0.717) is 12.2 Å². The van der Waals surface area contributed by atoms with Crippen molar-refractivity contribution in [2.24, 2.45) is 0 Å². The van der Waals surface area contributed by atoms with Gasteiger partial charge in [0.05, 0.1) is 25.0 Å². The van der Waals surface area contributed by atoms with Gasteiger partial charge < -0.3 is 19.8 Å². The highest BCUT2D eigenvalue weighted by atomic mass is 16.5. The average Bonchev–Trinajstić information content (AvgIpc) is 3.04. The number of hydrogen-bond donors (Lipinski definition) is 2. The fraction of sp³-hybridized carbons (Fsp3) is 0.292. The molecule has 2 heterocycles. The summed E-state index contributed by atoms with van der Waals surface area (Å²) in [4.78, 5) is 16.1. The van der Waals surface area contributed by atoms with Crippen molar-refractivity contribution in [2.45, 2.75) is 26.2 Å². The van der Waals surface area contributed by atoms with Crippen molar-refractivity contribution < 1.29 is 14.3 Å². The molecule has 0 unspecified atom stereocenters. The van der Waals surface area contributed by atoms with Gasteiger partial charge in [0, 0.05) is 29.1 Å². The van der Waals surface area contributed by atoms with Gasteiger partial charge >= 0.3 is 5.97 Å². The lowest BCUT2D eigenvalue weighted by molar-refractivity contribution is -0.136. The number of fused-ring (bicyclic) bond motifs is 3. The highest BCUT2D eigenvalue weighted by molar-refractivity contribution is 6.18. The minimum absolute atomic E-state index is 0.157. The molecule has 29 heavy (non-hydrogen) atoms. The van der Waals surface area contributed by atoms with Crippen molar-refractivity contribution in [3.05, 3.63) is 59.9 Å². The molecule has 0 saturated heterocycles. The van der Waals surface area contributed by atoms with Gasteiger partial charge in [-0.1, -0.05) is 38.1 Å². The molecular formula is C24H26N2O3. The monoisotopic (exact) mass is 390 g/mol. The third-order valence-electron chi connectivity index (χ3n) is 5.43. The van der Waals surface area contributed by atoms with Crippen molar-refractivity contribution >= 4 is 22.4 Å². The molecule has 5 heteroatoms. The Morgan fingerprint density at radius 2 is 1.93 bits per heavy atom. The van der Waals surface area contributed by atoms with E-state index in [2.05, 4.69) is 48.4 Å². The molecule has 150 valence electrons. The first kappa shape index (κ1) is 19.1. The average molecular weight is 390 g/mol. The Labute approximate surface area is 170 Å². The third-order valence-corrected chi connectivity index (χ3v) is 5.43. The van der Waals surface area contributed by atoms with E-state index in [1.165, 1.54) is 0 Å². The van der Waals surface area contributed by atoms with E-state index >= 15 is 0 Å². The normalized spacial score (nSPS) is 15.1. The SMILES string of the molecule is CCOC(=O)C1=CNCC(C)(C)c2c1[nH]c1cc(-c3cccc(OC)c3)ccc21. The van der Waals surface area contributed by atoms with Crippen molar-refractivity contribution in [2.75, 3.05) is 20.3 Å². The molecular weight excluding hydrogens is 364 g/mol. The first-order chi connectivity index (χ1) is 13.9. The van der Waals surface area contributed by atoms with Crippen LogP contribution in [-0.4, -0.2) is 31.2 Å². The second-order valence-electron chi connectivity index (χ2n) is 7.91.